The summed E-state index contributed by atoms with van der Waals surface area (Å²) in [5.41, 5.74) is 2.49. The van der Waals surface area contributed by atoms with Gasteiger partial charge in [-0.2, -0.15) is 4.68 Å². The highest BCUT2D eigenvalue weighted by atomic mass is 79.9. The van der Waals surface area contributed by atoms with Gasteiger partial charge in [-0.05, 0) is 54.1 Å². The molecule has 0 fully saturated rings. The van der Waals surface area contributed by atoms with Crippen molar-refractivity contribution in [2.45, 2.75) is 39.3 Å². The maximum Gasteiger partial charge on any atom is 0.338 e. The van der Waals surface area contributed by atoms with Crippen molar-refractivity contribution in [3.05, 3.63) is 73.3 Å². The molecule has 11 heteroatoms. The van der Waals surface area contributed by atoms with Gasteiger partial charge < -0.3 is 14.8 Å². The van der Waals surface area contributed by atoms with Gasteiger partial charge in [0, 0.05) is 31.3 Å². The van der Waals surface area contributed by atoms with Crippen molar-refractivity contribution in [1.82, 2.24) is 20.2 Å². The van der Waals surface area contributed by atoms with E-state index in [2.05, 4.69) is 36.8 Å². The number of ether oxygens (including phenoxy) is 2. The summed E-state index contributed by atoms with van der Waals surface area (Å²) in [6.45, 7) is 4.37. The number of aromatic nitrogens is 4. The van der Waals surface area contributed by atoms with Crippen molar-refractivity contribution in [2.75, 3.05) is 11.9 Å². The highest BCUT2D eigenvalue weighted by molar-refractivity contribution is 9.10. The van der Waals surface area contributed by atoms with E-state index in [0.717, 1.165) is 22.9 Å². The number of rotatable bonds is 8. The number of carbonyl (C=O) groups is 1. The predicted octanol–water partition coefficient (Wildman–Crippen LogP) is 5.95. The summed E-state index contributed by atoms with van der Waals surface area (Å²) in [5, 5.41) is 16.1. The maximum absolute atomic E-state index is 13.2. The normalized spacial score (nSPS) is 15.0. The van der Waals surface area contributed by atoms with Crippen LogP contribution in [0.15, 0.2) is 52.1 Å². The van der Waals surface area contributed by atoms with E-state index in [1.807, 2.05) is 31.2 Å². The Labute approximate surface area is 215 Å². The summed E-state index contributed by atoms with van der Waals surface area (Å²) in [4.78, 5) is 13.2. The van der Waals surface area contributed by atoms with Gasteiger partial charge in [0.05, 0.1) is 12.2 Å². The minimum absolute atomic E-state index is 0.205. The van der Waals surface area contributed by atoms with E-state index in [1.54, 1.807) is 23.7 Å². The van der Waals surface area contributed by atoms with Crippen LogP contribution in [0.5, 0.6) is 5.75 Å². The van der Waals surface area contributed by atoms with Crippen LogP contribution in [0.2, 0.25) is 10.0 Å². The van der Waals surface area contributed by atoms with Gasteiger partial charge in [0.2, 0.25) is 5.95 Å². The number of nitrogens with zero attached hydrogens (tertiary/aromatic N) is 4. The van der Waals surface area contributed by atoms with Crippen LogP contribution in [0.1, 0.15) is 43.9 Å². The van der Waals surface area contributed by atoms with Crippen LogP contribution >= 0.6 is 39.1 Å². The second-order valence-corrected chi connectivity index (χ2v) is 9.47. The van der Waals surface area contributed by atoms with Gasteiger partial charge in [0.25, 0.3) is 0 Å². The van der Waals surface area contributed by atoms with E-state index in [9.17, 15) is 4.79 Å². The zero-order valence-corrected chi connectivity index (χ0v) is 21.6. The summed E-state index contributed by atoms with van der Waals surface area (Å²) in [6.07, 6.45) is 1.69. The number of allylic oxidation sites excluding steroid dienone is 1. The average Bonchev–Trinajstić information content (AvgIpc) is 3.26. The number of esters is 1. The molecule has 1 unspecified atom stereocenters. The van der Waals surface area contributed by atoms with Gasteiger partial charge in [-0.15, -0.1) is 0 Å². The first-order valence-electron chi connectivity index (χ1n) is 10.7. The van der Waals surface area contributed by atoms with Gasteiger partial charge in [0.15, 0.2) is 0 Å². The van der Waals surface area contributed by atoms with E-state index in [1.165, 1.54) is 0 Å². The number of carbonyl (C=O) groups excluding carboxylic acids is 1. The number of nitrogens with one attached hydrogen (secondary N) is 1. The Morgan fingerprint density at radius 3 is 2.82 bits per heavy atom. The molecule has 3 aromatic rings. The molecule has 1 N–H and O–H groups in total. The number of hydrogen-bond acceptors (Lipinski definition) is 7. The molecule has 2 heterocycles. The minimum atomic E-state index is -0.659. The molecule has 2 aromatic carbocycles. The largest absolute Gasteiger partial charge is 0.488 e. The fourth-order valence-electron chi connectivity index (χ4n) is 3.61. The van der Waals surface area contributed by atoms with Crippen molar-refractivity contribution < 1.29 is 14.3 Å². The molecule has 0 saturated heterocycles. The van der Waals surface area contributed by atoms with Gasteiger partial charge >= 0.3 is 5.97 Å². The van der Waals surface area contributed by atoms with E-state index in [4.69, 9.17) is 32.7 Å². The fourth-order valence-corrected chi connectivity index (χ4v) is 4.45. The molecule has 178 valence electrons. The minimum Gasteiger partial charge on any atom is -0.488 e. The SMILES string of the molecule is CCCCOC(=O)C1=C(C)Nc2nnnn2C1c1cc(Br)ccc1OCc1ccc(Cl)cc1Cl. The maximum atomic E-state index is 13.2. The van der Waals surface area contributed by atoms with E-state index in [-0.39, 0.29) is 6.61 Å². The molecule has 34 heavy (non-hydrogen) atoms. The van der Waals surface area contributed by atoms with Gasteiger partial charge in [-0.1, -0.05) is 63.6 Å². The third-order valence-corrected chi connectivity index (χ3v) is 6.41. The molecule has 4 rings (SSSR count). The Balaban J connectivity index is 1.73. The molecular formula is C23H22BrCl2N5O3. The van der Waals surface area contributed by atoms with Crippen LogP contribution in [-0.2, 0) is 16.1 Å². The van der Waals surface area contributed by atoms with Crippen molar-refractivity contribution >= 4 is 51.0 Å². The Morgan fingerprint density at radius 1 is 1.24 bits per heavy atom. The first-order valence-corrected chi connectivity index (χ1v) is 12.2. The average molecular weight is 567 g/mol. The molecule has 0 spiro atoms. The third kappa shape index (κ3) is 5.21. The Morgan fingerprint density at radius 2 is 2.06 bits per heavy atom. The zero-order chi connectivity index (χ0) is 24.2. The predicted molar refractivity (Wildman–Crippen MR) is 133 cm³/mol. The van der Waals surface area contributed by atoms with Gasteiger partial charge in [0.1, 0.15) is 18.4 Å². The summed E-state index contributed by atoms with van der Waals surface area (Å²) in [5.74, 6) is 0.532. The van der Waals surface area contributed by atoms with Crippen LogP contribution in [0.25, 0.3) is 0 Å². The number of halogens is 3. The lowest BCUT2D eigenvalue weighted by Crippen LogP contribution is -2.30. The third-order valence-electron chi connectivity index (χ3n) is 5.33. The molecule has 8 nitrogen and oxygen atoms in total. The molecule has 0 radical (unpaired) electrons. The van der Waals surface area contributed by atoms with Crippen molar-refractivity contribution in [1.29, 1.82) is 0 Å². The van der Waals surface area contributed by atoms with Crippen LogP contribution in [-0.4, -0.2) is 32.8 Å². The van der Waals surface area contributed by atoms with Crippen molar-refractivity contribution in [2.24, 2.45) is 0 Å². The number of tetrazole rings is 1. The van der Waals surface area contributed by atoms with Crippen molar-refractivity contribution in [3.8, 4) is 5.75 Å². The highest BCUT2D eigenvalue weighted by Crippen LogP contribution is 2.40. The number of unbranched alkanes of at least 4 members (excludes halogenated alkanes) is 1. The second kappa shape index (κ2) is 10.8. The molecule has 0 amide bonds. The molecular weight excluding hydrogens is 545 g/mol. The lowest BCUT2D eigenvalue weighted by molar-refractivity contribution is -0.139. The fraction of sp³-hybridized carbons (Fsp3) is 0.304. The quantitative estimate of drug-likeness (QED) is 0.266. The van der Waals surface area contributed by atoms with Crippen LogP contribution in [0.4, 0.5) is 5.95 Å². The molecule has 0 bridgehead atoms. The zero-order valence-electron chi connectivity index (χ0n) is 18.5. The van der Waals surface area contributed by atoms with E-state index >= 15 is 0 Å². The van der Waals surface area contributed by atoms with Gasteiger partial charge in [-0.25, -0.2) is 4.79 Å². The van der Waals surface area contributed by atoms with E-state index < -0.39 is 12.0 Å². The molecule has 0 aliphatic carbocycles. The smallest absolute Gasteiger partial charge is 0.338 e. The van der Waals surface area contributed by atoms with Crippen molar-refractivity contribution in [3.63, 3.8) is 0 Å². The molecule has 1 aliphatic heterocycles. The standard InChI is InChI=1S/C23H22BrCl2N5O3/c1-3-4-9-33-22(32)20-13(2)27-23-28-29-30-31(23)21(20)17-10-15(24)6-8-19(17)34-12-14-5-7-16(25)11-18(14)26/h5-8,10-11,21H,3-4,9,12H2,1-2H3,(H,27,28,30). The Hall–Kier alpha value is -2.62. The lowest BCUT2D eigenvalue weighted by Gasteiger charge is -2.28. The van der Waals surface area contributed by atoms with Crippen LogP contribution < -0.4 is 10.1 Å². The number of benzene rings is 2. The second-order valence-electron chi connectivity index (χ2n) is 7.71. The number of anilines is 1. The Kier molecular flexibility index (Phi) is 7.75. The molecule has 0 saturated carbocycles. The monoisotopic (exact) mass is 565 g/mol. The first kappa shape index (κ1) is 24.5. The highest BCUT2D eigenvalue weighted by Gasteiger charge is 2.36. The summed E-state index contributed by atoms with van der Waals surface area (Å²) in [7, 11) is 0. The van der Waals surface area contributed by atoms with Crippen LogP contribution in [0.3, 0.4) is 0 Å². The van der Waals surface area contributed by atoms with Gasteiger partial charge in [-0.3, -0.25) is 0 Å². The molecule has 1 aliphatic rings. The number of hydrogen-bond donors (Lipinski definition) is 1. The topological polar surface area (TPSA) is 91.2 Å². The summed E-state index contributed by atoms with van der Waals surface area (Å²) >= 11 is 15.9. The van der Waals surface area contributed by atoms with E-state index in [0.29, 0.717) is 45.2 Å². The summed E-state index contributed by atoms with van der Waals surface area (Å²) in [6, 6.07) is 10.1. The first-order chi connectivity index (χ1) is 16.4. The molecule has 1 atom stereocenters. The summed E-state index contributed by atoms with van der Waals surface area (Å²) < 4.78 is 14.1. The van der Waals surface area contributed by atoms with Crippen LogP contribution in [0, 0.1) is 0 Å². The Bertz CT molecular complexity index is 1250. The molecule has 1 aromatic heterocycles. The lowest BCUT2D eigenvalue weighted by atomic mass is 9.95. The number of fused-ring (bicyclic) bond motifs is 1.